The second-order valence-corrected chi connectivity index (χ2v) is 6.75. The van der Waals surface area contributed by atoms with Crippen LogP contribution < -0.4 is 10.3 Å². The molecule has 0 spiro atoms. The number of rotatable bonds is 2. The Kier molecular flexibility index (Phi) is 4.20. The van der Waals surface area contributed by atoms with E-state index in [0.29, 0.717) is 45.4 Å². The second-order valence-electron chi connectivity index (χ2n) is 6.32. The molecule has 0 radical (unpaired) electrons. The zero-order valence-electron chi connectivity index (χ0n) is 14.8. The maximum atomic E-state index is 12.7. The third kappa shape index (κ3) is 2.98. The highest BCUT2D eigenvalue weighted by molar-refractivity contribution is 6.30. The number of hydrogen-bond donors (Lipinski definition) is 0. The summed E-state index contributed by atoms with van der Waals surface area (Å²) in [5.74, 6) is 0.485. The van der Waals surface area contributed by atoms with Crippen LogP contribution in [0, 0.1) is 0 Å². The lowest BCUT2D eigenvalue weighted by molar-refractivity contribution is 0.0788. The van der Waals surface area contributed by atoms with Gasteiger partial charge < -0.3 is 9.64 Å². The van der Waals surface area contributed by atoms with Crippen LogP contribution in [0.25, 0.3) is 16.9 Å². The summed E-state index contributed by atoms with van der Waals surface area (Å²) in [4.78, 5) is 27.0. The molecule has 0 bridgehead atoms. The van der Waals surface area contributed by atoms with Crippen molar-refractivity contribution in [3.8, 4) is 22.7 Å². The van der Waals surface area contributed by atoms with Crippen molar-refractivity contribution in [2.75, 3.05) is 14.2 Å². The van der Waals surface area contributed by atoms with Gasteiger partial charge in [0, 0.05) is 41.4 Å². The molecule has 0 saturated carbocycles. The molecular weight excluding hydrogens is 366 g/mol. The molecule has 0 aliphatic carbocycles. The summed E-state index contributed by atoms with van der Waals surface area (Å²) in [6.45, 7) is 0.300. The Morgan fingerprint density at radius 3 is 2.48 bits per heavy atom. The van der Waals surface area contributed by atoms with Gasteiger partial charge in [0.25, 0.3) is 11.5 Å². The fourth-order valence-electron chi connectivity index (χ4n) is 3.17. The van der Waals surface area contributed by atoms with Gasteiger partial charge in [0.15, 0.2) is 0 Å². The van der Waals surface area contributed by atoms with E-state index in [4.69, 9.17) is 16.3 Å². The Bertz CT molecular complexity index is 1110. The van der Waals surface area contributed by atoms with Crippen LogP contribution in [-0.2, 0) is 6.54 Å². The summed E-state index contributed by atoms with van der Waals surface area (Å²) in [6.07, 6.45) is 0. The second kappa shape index (κ2) is 6.55. The van der Waals surface area contributed by atoms with Gasteiger partial charge in [-0.25, -0.2) is 0 Å². The van der Waals surface area contributed by atoms with Crippen LogP contribution in [0.3, 0.4) is 0 Å². The normalized spacial score (nSPS) is 13.0. The minimum absolute atomic E-state index is 0.129. The summed E-state index contributed by atoms with van der Waals surface area (Å²) < 4.78 is 6.63. The van der Waals surface area contributed by atoms with Crippen molar-refractivity contribution in [1.82, 2.24) is 14.7 Å². The van der Waals surface area contributed by atoms with Crippen LogP contribution in [-0.4, -0.2) is 34.7 Å². The molecule has 1 aliphatic rings. The number of amides is 1. The Morgan fingerprint density at radius 2 is 1.78 bits per heavy atom. The standard InChI is InChI=1S/C20H16ClN3O3/c1-23-11-12-9-18(25)24(14-5-3-13(21)4-6-14)22-19(12)17-10-15(27-2)7-8-16(17)20(23)26/h3-10H,11H2,1-2H3. The number of methoxy groups -OCH3 is 1. The molecule has 0 unspecified atom stereocenters. The van der Waals surface area contributed by atoms with E-state index in [9.17, 15) is 9.59 Å². The lowest BCUT2D eigenvalue weighted by atomic mass is 10.0. The Hall–Kier alpha value is -3.12. The number of benzene rings is 2. The van der Waals surface area contributed by atoms with Gasteiger partial charge in [-0.2, -0.15) is 9.78 Å². The number of nitrogens with zero attached hydrogens (tertiary/aromatic N) is 3. The van der Waals surface area contributed by atoms with Crippen LogP contribution in [0.5, 0.6) is 5.75 Å². The zero-order chi connectivity index (χ0) is 19.1. The quantitative estimate of drug-likeness (QED) is 0.684. The lowest BCUT2D eigenvalue weighted by Gasteiger charge is -2.14. The summed E-state index contributed by atoms with van der Waals surface area (Å²) >= 11 is 5.94. The van der Waals surface area contributed by atoms with Gasteiger partial charge in [0.05, 0.1) is 18.5 Å². The smallest absolute Gasteiger partial charge is 0.271 e. The van der Waals surface area contributed by atoms with E-state index in [-0.39, 0.29) is 11.5 Å². The first-order valence-electron chi connectivity index (χ1n) is 8.31. The van der Waals surface area contributed by atoms with Crippen molar-refractivity contribution in [2.45, 2.75) is 6.54 Å². The molecule has 1 aliphatic heterocycles. The molecule has 1 amide bonds. The van der Waals surface area contributed by atoms with Crippen LogP contribution in [0.15, 0.2) is 53.3 Å². The SMILES string of the molecule is COc1ccc2c(c1)-c1nn(-c3ccc(Cl)cc3)c(=O)cc1CN(C)C2=O. The fourth-order valence-corrected chi connectivity index (χ4v) is 3.30. The zero-order valence-corrected chi connectivity index (χ0v) is 15.5. The van der Waals surface area contributed by atoms with Crippen LogP contribution in [0.1, 0.15) is 15.9 Å². The van der Waals surface area contributed by atoms with Crippen LogP contribution >= 0.6 is 11.6 Å². The molecule has 0 N–H and O–H groups in total. The molecule has 2 aromatic carbocycles. The van der Waals surface area contributed by atoms with Crippen molar-refractivity contribution >= 4 is 17.5 Å². The first-order valence-corrected chi connectivity index (χ1v) is 8.69. The van der Waals surface area contributed by atoms with Gasteiger partial charge in [-0.3, -0.25) is 9.59 Å². The number of ether oxygens (including phenoxy) is 1. The molecule has 2 heterocycles. The summed E-state index contributed by atoms with van der Waals surface area (Å²) in [6, 6.07) is 13.6. The lowest BCUT2D eigenvalue weighted by Crippen LogP contribution is -2.26. The van der Waals surface area contributed by atoms with Crippen LogP contribution in [0.2, 0.25) is 5.02 Å². The van der Waals surface area contributed by atoms with Gasteiger partial charge >= 0.3 is 0 Å². The molecule has 6 nitrogen and oxygen atoms in total. The molecule has 27 heavy (non-hydrogen) atoms. The van der Waals surface area contributed by atoms with E-state index in [0.717, 1.165) is 0 Å². The number of halogens is 1. The monoisotopic (exact) mass is 381 g/mol. The fraction of sp³-hybridized carbons (Fsp3) is 0.150. The third-order valence-corrected chi connectivity index (χ3v) is 4.80. The Morgan fingerprint density at radius 1 is 1.04 bits per heavy atom. The minimum atomic E-state index is -0.275. The van der Waals surface area contributed by atoms with E-state index in [1.165, 1.54) is 10.7 Å². The third-order valence-electron chi connectivity index (χ3n) is 4.55. The van der Waals surface area contributed by atoms with Crippen molar-refractivity contribution in [3.05, 3.63) is 75.0 Å². The van der Waals surface area contributed by atoms with Crippen LogP contribution in [0.4, 0.5) is 0 Å². The molecular formula is C20H16ClN3O3. The Balaban J connectivity index is 2.00. The first kappa shape index (κ1) is 17.3. The molecule has 0 fully saturated rings. The average molecular weight is 382 g/mol. The maximum absolute atomic E-state index is 12.7. The van der Waals surface area contributed by atoms with Crippen molar-refractivity contribution in [3.63, 3.8) is 0 Å². The van der Waals surface area contributed by atoms with Gasteiger partial charge in [0.1, 0.15) is 5.75 Å². The molecule has 0 saturated heterocycles. The van der Waals surface area contributed by atoms with E-state index in [1.54, 1.807) is 61.5 Å². The number of carbonyl (C=O) groups is 1. The number of fused-ring (bicyclic) bond motifs is 3. The molecule has 136 valence electrons. The number of carbonyl (C=O) groups excluding carboxylic acids is 1. The average Bonchev–Trinajstić information content (AvgIpc) is 2.77. The Labute approximate surface area is 160 Å². The highest BCUT2D eigenvalue weighted by atomic mass is 35.5. The largest absolute Gasteiger partial charge is 0.497 e. The maximum Gasteiger partial charge on any atom is 0.271 e. The summed E-state index contributed by atoms with van der Waals surface area (Å²) in [5.41, 5.74) is 2.75. The van der Waals surface area contributed by atoms with E-state index >= 15 is 0 Å². The van der Waals surface area contributed by atoms with Crippen molar-refractivity contribution < 1.29 is 9.53 Å². The topological polar surface area (TPSA) is 64.4 Å². The highest BCUT2D eigenvalue weighted by Gasteiger charge is 2.26. The molecule has 0 atom stereocenters. The van der Waals surface area contributed by atoms with Crippen molar-refractivity contribution in [2.24, 2.45) is 0 Å². The highest BCUT2D eigenvalue weighted by Crippen LogP contribution is 2.33. The number of hydrogen-bond acceptors (Lipinski definition) is 4. The van der Waals surface area contributed by atoms with E-state index in [1.807, 2.05) is 0 Å². The predicted molar refractivity (Wildman–Crippen MR) is 103 cm³/mol. The summed E-state index contributed by atoms with van der Waals surface area (Å²) in [7, 11) is 3.27. The molecule has 1 aromatic heterocycles. The van der Waals surface area contributed by atoms with Crippen molar-refractivity contribution in [1.29, 1.82) is 0 Å². The van der Waals surface area contributed by atoms with E-state index < -0.39 is 0 Å². The van der Waals surface area contributed by atoms with Gasteiger partial charge in [0.2, 0.25) is 0 Å². The first-order chi connectivity index (χ1) is 13.0. The minimum Gasteiger partial charge on any atom is -0.497 e. The molecule has 7 heteroatoms. The number of aromatic nitrogens is 2. The summed E-state index contributed by atoms with van der Waals surface area (Å²) in [5, 5.41) is 5.16. The van der Waals surface area contributed by atoms with Gasteiger partial charge in [-0.05, 0) is 42.5 Å². The van der Waals surface area contributed by atoms with E-state index in [2.05, 4.69) is 5.10 Å². The molecule has 3 aromatic rings. The van der Waals surface area contributed by atoms with Gasteiger partial charge in [-0.15, -0.1) is 0 Å². The molecule has 4 rings (SSSR count). The van der Waals surface area contributed by atoms with Gasteiger partial charge in [-0.1, -0.05) is 11.6 Å². The predicted octanol–water partition coefficient (Wildman–Crippen LogP) is 3.15.